The minimum Gasteiger partial charge on any atom is -0.342 e. The maximum absolute atomic E-state index is 12.8. The molecule has 3 fully saturated rings. The average Bonchev–Trinajstić information content (AvgIpc) is 3.01. The van der Waals surface area contributed by atoms with Crippen LogP contribution in [0.5, 0.6) is 0 Å². The Morgan fingerprint density at radius 3 is 2.20 bits per heavy atom. The summed E-state index contributed by atoms with van der Waals surface area (Å²) in [5.41, 5.74) is 0.692. The average molecular weight is 349 g/mol. The summed E-state index contributed by atoms with van der Waals surface area (Å²) in [5, 5.41) is 2.86. The van der Waals surface area contributed by atoms with E-state index in [9.17, 15) is 4.79 Å². The monoisotopic (exact) mass is 349 g/mol. The normalized spacial score (nSPS) is 38.0. The Bertz CT molecular complexity index is 661. The van der Waals surface area contributed by atoms with Gasteiger partial charge >= 0.3 is 0 Å². The summed E-state index contributed by atoms with van der Waals surface area (Å²) in [7, 11) is 0. The Morgan fingerprint density at radius 2 is 1.48 bits per heavy atom. The van der Waals surface area contributed by atoms with Gasteiger partial charge in [0, 0.05) is 5.69 Å². The van der Waals surface area contributed by atoms with Crippen molar-refractivity contribution >= 4 is 11.6 Å². The van der Waals surface area contributed by atoms with E-state index in [1.807, 2.05) is 58.0 Å². The lowest BCUT2D eigenvalue weighted by Crippen LogP contribution is -2.58. The molecule has 3 saturated heterocycles. The van der Waals surface area contributed by atoms with Crippen LogP contribution in [0.25, 0.3) is 0 Å². The third kappa shape index (κ3) is 3.18. The number of amides is 1. The summed E-state index contributed by atoms with van der Waals surface area (Å²) >= 11 is 0. The van der Waals surface area contributed by atoms with Crippen LogP contribution in [-0.2, 0) is 28.5 Å². The molecular weight excluding hydrogens is 326 g/mol. The maximum atomic E-state index is 12.8. The summed E-state index contributed by atoms with van der Waals surface area (Å²) in [6.07, 6.45) is -2.99. The molecule has 0 aromatic heterocycles. The molecule has 25 heavy (non-hydrogen) atoms. The number of carbonyl (C=O) groups is 1. The van der Waals surface area contributed by atoms with Crippen LogP contribution in [0.15, 0.2) is 30.3 Å². The quantitative estimate of drug-likeness (QED) is 0.880. The van der Waals surface area contributed by atoms with Gasteiger partial charge in [0.1, 0.15) is 18.3 Å². The van der Waals surface area contributed by atoms with Gasteiger partial charge in [0.2, 0.25) is 0 Å². The van der Waals surface area contributed by atoms with E-state index in [-0.39, 0.29) is 5.91 Å². The van der Waals surface area contributed by atoms with Crippen molar-refractivity contribution in [2.75, 3.05) is 5.32 Å². The number of ether oxygens (including phenoxy) is 5. The van der Waals surface area contributed by atoms with Gasteiger partial charge in [-0.3, -0.25) is 4.79 Å². The van der Waals surface area contributed by atoms with Crippen LogP contribution in [0.2, 0.25) is 0 Å². The van der Waals surface area contributed by atoms with Crippen LogP contribution in [0.4, 0.5) is 5.69 Å². The largest absolute Gasteiger partial charge is 0.342 e. The molecule has 0 saturated carbocycles. The first-order chi connectivity index (χ1) is 11.7. The first-order valence-corrected chi connectivity index (χ1v) is 8.47. The number of para-hydroxylation sites is 1. The summed E-state index contributed by atoms with van der Waals surface area (Å²) in [6, 6.07) is 9.22. The Kier molecular flexibility index (Phi) is 3.90. The highest BCUT2D eigenvalue weighted by molar-refractivity contribution is 5.94. The molecule has 0 aliphatic carbocycles. The molecule has 3 heterocycles. The molecule has 7 nitrogen and oxygen atoms in total. The molecule has 1 amide bonds. The fourth-order valence-electron chi connectivity index (χ4n) is 3.56. The van der Waals surface area contributed by atoms with E-state index in [1.54, 1.807) is 0 Å². The van der Waals surface area contributed by atoms with Crippen LogP contribution in [0.3, 0.4) is 0 Å². The van der Waals surface area contributed by atoms with E-state index in [0.717, 1.165) is 0 Å². The molecule has 136 valence electrons. The van der Waals surface area contributed by atoms with Crippen molar-refractivity contribution in [3.63, 3.8) is 0 Å². The van der Waals surface area contributed by atoms with E-state index in [4.69, 9.17) is 23.7 Å². The SMILES string of the molecule is CC1(C)O[C@H]2[C@@H](O1)[C@H](C(=O)Nc1ccccc1)O[C@H]1OC(C)(C)O[C@@H]12. The van der Waals surface area contributed by atoms with Crippen molar-refractivity contribution in [2.45, 2.75) is 70.0 Å². The van der Waals surface area contributed by atoms with Crippen molar-refractivity contribution in [2.24, 2.45) is 0 Å². The highest BCUT2D eigenvalue weighted by atomic mass is 16.9. The second-order valence-electron chi connectivity index (χ2n) is 7.45. The lowest BCUT2D eigenvalue weighted by molar-refractivity contribution is -0.229. The standard InChI is InChI=1S/C18H23NO6/c1-17(2)22-11-12(23-17)14-16(25-18(3,4)24-14)21-13(11)15(20)19-10-8-6-5-7-9-10/h5-9,11-14,16H,1-4H3,(H,19,20)/t11-,12+,13-,14-,16+/m1/s1. The van der Waals surface area contributed by atoms with Gasteiger partial charge in [-0.2, -0.15) is 0 Å². The Hall–Kier alpha value is -1.51. The second kappa shape index (κ2) is 5.75. The van der Waals surface area contributed by atoms with Gasteiger partial charge in [0.15, 0.2) is 24.0 Å². The second-order valence-corrected chi connectivity index (χ2v) is 7.45. The van der Waals surface area contributed by atoms with Gasteiger partial charge in [0.25, 0.3) is 5.91 Å². The fraction of sp³-hybridized carbons (Fsp3) is 0.611. The van der Waals surface area contributed by atoms with Crippen molar-refractivity contribution in [3.8, 4) is 0 Å². The third-order valence-corrected chi connectivity index (χ3v) is 4.45. The minimum absolute atomic E-state index is 0.297. The van der Waals surface area contributed by atoms with Gasteiger partial charge < -0.3 is 29.0 Å². The molecule has 4 rings (SSSR count). The maximum Gasteiger partial charge on any atom is 0.256 e. The third-order valence-electron chi connectivity index (χ3n) is 4.45. The fourth-order valence-corrected chi connectivity index (χ4v) is 3.56. The van der Waals surface area contributed by atoms with E-state index in [0.29, 0.717) is 5.69 Å². The Balaban J connectivity index is 1.58. The molecule has 0 radical (unpaired) electrons. The molecule has 1 N–H and O–H groups in total. The first-order valence-electron chi connectivity index (χ1n) is 8.47. The smallest absolute Gasteiger partial charge is 0.256 e. The lowest BCUT2D eigenvalue weighted by atomic mass is 9.98. The number of rotatable bonds is 2. The highest BCUT2D eigenvalue weighted by Gasteiger charge is 2.62. The van der Waals surface area contributed by atoms with Crippen LogP contribution in [0.1, 0.15) is 27.7 Å². The van der Waals surface area contributed by atoms with E-state index >= 15 is 0 Å². The minimum atomic E-state index is -0.856. The molecule has 5 atom stereocenters. The van der Waals surface area contributed by atoms with Crippen LogP contribution >= 0.6 is 0 Å². The number of anilines is 1. The molecule has 0 bridgehead atoms. The predicted octanol–water partition coefficient (Wildman–Crippen LogP) is 2.02. The molecular formula is C18H23NO6. The number of hydrogen-bond acceptors (Lipinski definition) is 6. The predicted molar refractivity (Wildman–Crippen MR) is 87.6 cm³/mol. The van der Waals surface area contributed by atoms with Crippen molar-refractivity contribution in [1.82, 2.24) is 0 Å². The van der Waals surface area contributed by atoms with Crippen molar-refractivity contribution in [1.29, 1.82) is 0 Å². The van der Waals surface area contributed by atoms with Crippen LogP contribution in [-0.4, -0.2) is 48.2 Å². The van der Waals surface area contributed by atoms with Gasteiger partial charge in [0.05, 0.1) is 0 Å². The summed E-state index contributed by atoms with van der Waals surface area (Å²) in [6.45, 7) is 7.24. The zero-order valence-corrected chi connectivity index (χ0v) is 14.7. The zero-order valence-electron chi connectivity index (χ0n) is 14.7. The summed E-state index contributed by atoms with van der Waals surface area (Å²) in [4.78, 5) is 12.8. The van der Waals surface area contributed by atoms with Gasteiger partial charge in [-0.05, 0) is 39.8 Å². The Morgan fingerprint density at radius 1 is 0.880 bits per heavy atom. The number of hydrogen-bond donors (Lipinski definition) is 1. The number of fused-ring (bicyclic) bond motifs is 3. The molecule has 3 aliphatic heterocycles. The topological polar surface area (TPSA) is 75.3 Å². The van der Waals surface area contributed by atoms with Crippen LogP contribution < -0.4 is 5.32 Å². The first kappa shape index (κ1) is 16.9. The molecule has 0 spiro atoms. The number of benzene rings is 1. The van der Waals surface area contributed by atoms with Crippen LogP contribution in [0, 0.1) is 0 Å². The molecule has 3 aliphatic rings. The van der Waals surface area contributed by atoms with E-state index in [1.165, 1.54) is 0 Å². The van der Waals surface area contributed by atoms with Crippen molar-refractivity contribution < 1.29 is 28.5 Å². The number of carbonyl (C=O) groups excluding carboxylic acids is 1. The lowest BCUT2D eigenvalue weighted by Gasteiger charge is -2.36. The highest BCUT2D eigenvalue weighted by Crippen LogP contribution is 2.44. The molecule has 1 aromatic rings. The summed E-state index contributed by atoms with van der Waals surface area (Å²) in [5.74, 6) is -1.93. The zero-order chi connectivity index (χ0) is 17.8. The Labute approximate surface area is 146 Å². The van der Waals surface area contributed by atoms with E-state index < -0.39 is 42.3 Å². The van der Waals surface area contributed by atoms with Crippen molar-refractivity contribution in [3.05, 3.63) is 30.3 Å². The summed E-state index contributed by atoms with van der Waals surface area (Å²) < 4.78 is 29.6. The van der Waals surface area contributed by atoms with E-state index in [2.05, 4.69) is 5.32 Å². The molecule has 0 unspecified atom stereocenters. The van der Waals surface area contributed by atoms with Gasteiger partial charge in [-0.25, -0.2) is 0 Å². The van der Waals surface area contributed by atoms with Gasteiger partial charge in [-0.1, -0.05) is 18.2 Å². The molecule has 7 heteroatoms. The number of nitrogens with one attached hydrogen (secondary N) is 1. The van der Waals surface area contributed by atoms with Gasteiger partial charge in [-0.15, -0.1) is 0 Å². The molecule has 1 aromatic carbocycles.